The summed E-state index contributed by atoms with van der Waals surface area (Å²) in [6, 6.07) is 0.0990. The summed E-state index contributed by atoms with van der Waals surface area (Å²) in [5, 5.41) is 21.8. The maximum Gasteiger partial charge on any atom is 0.252 e. The van der Waals surface area contributed by atoms with Crippen molar-refractivity contribution in [2.75, 3.05) is 19.6 Å². The number of hydrogen-bond acceptors (Lipinski definition) is 5. The smallest absolute Gasteiger partial charge is 0.252 e. The van der Waals surface area contributed by atoms with Crippen LogP contribution in [0.5, 0.6) is 0 Å². The number of aromatic nitrogens is 3. The van der Waals surface area contributed by atoms with Crippen molar-refractivity contribution in [2.45, 2.75) is 63.6 Å². The predicted octanol–water partition coefficient (Wildman–Crippen LogP) is 0.336. The molecule has 2 N–H and O–H groups in total. The number of likely N-dealkylation sites (tertiary alicyclic amines) is 1. The van der Waals surface area contributed by atoms with Gasteiger partial charge < -0.3 is 19.9 Å². The summed E-state index contributed by atoms with van der Waals surface area (Å²) in [7, 11) is 0. The first-order chi connectivity index (χ1) is 11.1. The fourth-order valence-electron chi connectivity index (χ4n) is 3.56. The Hall–Kier alpha value is -1.47. The number of hydrogen-bond donors (Lipinski definition) is 2. The Morgan fingerprint density at radius 1 is 1.39 bits per heavy atom. The van der Waals surface area contributed by atoms with E-state index in [2.05, 4.69) is 27.3 Å². The van der Waals surface area contributed by atoms with Gasteiger partial charge in [0.25, 0.3) is 5.91 Å². The molecule has 1 saturated heterocycles. The maximum absolute atomic E-state index is 12.6. The van der Waals surface area contributed by atoms with Gasteiger partial charge in [-0.3, -0.25) is 4.79 Å². The van der Waals surface area contributed by atoms with Crippen LogP contribution >= 0.6 is 0 Å². The summed E-state index contributed by atoms with van der Waals surface area (Å²) in [6.07, 6.45) is 6.42. The normalized spacial score (nSPS) is 24.7. The van der Waals surface area contributed by atoms with Crippen LogP contribution in [0.2, 0.25) is 0 Å². The Labute approximate surface area is 137 Å². The van der Waals surface area contributed by atoms with Crippen LogP contribution in [-0.2, 0) is 17.8 Å². The zero-order valence-electron chi connectivity index (χ0n) is 13.9. The standard InChI is InChI=1S/C16H27N5O2/c1-2-8-20-10-6-16(23,7-11-20)15(22)18-13-3-4-14-19-17-12-21(14)9-5-13/h12-13,23H,2-11H2,1H3,(H,18,22). The molecule has 7 heteroatoms. The van der Waals surface area contributed by atoms with Gasteiger partial charge in [0.1, 0.15) is 17.8 Å². The van der Waals surface area contributed by atoms with Crippen LogP contribution in [0.25, 0.3) is 0 Å². The first-order valence-electron chi connectivity index (χ1n) is 8.73. The molecular formula is C16H27N5O2. The molecule has 0 aliphatic carbocycles. The number of carbonyl (C=O) groups excluding carboxylic acids is 1. The minimum atomic E-state index is -1.20. The Morgan fingerprint density at radius 3 is 2.91 bits per heavy atom. The average molecular weight is 321 g/mol. The molecule has 2 aliphatic rings. The van der Waals surface area contributed by atoms with Gasteiger partial charge in [-0.25, -0.2) is 0 Å². The van der Waals surface area contributed by atoms with Crippen LogP contribution in [0.1, 0.15) is 44.9 Å². The van der Waals surface area contributed by atoms with Crippen molar-refractivity contribution >= 4 is 5.91 Å². The number of aryl methyl sites for hydroxylation is 2. The molecule has 1 aromatic heterocycles. The van der Waals surface area contributed by atoms with Gasteiger partial charge in [-0.15, -0.1) is 10.2 Å². The third-order valence-corrected chi connectivity index (χ3v) is 5.11. The Morgan fingerprint density at radius 2 is 2.17 bits per heavy atom. The van der Waals surface area contributed by atoms with Crippen molar-refractivity contribution in [1.29, 1.82) is 0 Å². The minimum absolute atomic E-state index is 0.0990. The van der Waals surface area contributed by atoms with Gasteiger partial charge in [-0.05, 0) is 38.6 Å². The van der Waals surface area contributed by atoms with Crippen molar-refractivity contribution in [3.8, 4) is 0 Å². The zero-order chi connectivity index (χ0) is 16.3. The van der Waals surface area contributed by atoms with Crippen molar-refractivity contribution < 1.29 is 9.90 Å². The van der Waals surface area contributed by atoms with Gasteiger partial charge in [0, 0.05) is 32.1 Å². The van der Waals surface area contributed by atoms with Gasteiger partial charge in [-0.2, -0.15) is 0 Å². The van der Waals surface area contributed by atoms with Gasteiger partial charge >= 0.3 is 0 Å². The number of rotatable bonds is 4. The lowest BCUT2D eigenvalue weighted by atomic mass is 9.89. The second-order valence-electron chi connectivity index (χ2n) is 6.81. The quantitative estimate of drug-likeness (QED) is 0.835. The van der Waals surface area contributed by atoms with Gasteiger partial charge in [-0.1, -0.05) is 6.92 Å². The molecule has 23 heavy (non-hydrogen) atoms. The molecule has 0 saturated carbocycles. The molecule has 128 valence electrons. The van der Waals surface area contributed by atoms with Crippen LogP contribution in [0.4, 0.5) is 0 Å². The SMILES string of the molecule is CCCN1CCC(O)(C(=O)NC2CCc3nncn3CC2)CC1. The summed E-state index contributed by atoms with van der Waals surface area (Å²) in [4.78, 5) is 14.9. The molecule has 2 aliphatic heterocycles. The van der Waals surface area contributed by atoms with E-state index in [4.69, 9.17) is 0 Å². The fourth-order valence-corrected chi connectivity index (χ4v) is 3.56. The fraction of sp³-hybridized carbons (Fsp3) is 0.812. The molecule has 1 amide bonds. The molecule has 0 radical (unpaired) electrons. The lowest BCUT2D eigenvalue weighted by Gasteiger charge is -2.37. The van der Waals surface area contributed by atoms with Crippen LogP contribution < -0.4 is 5.32 Å². The van der Waals surface area contributed by atoms with E-state index in [1.807, 2.05) is 4.57 Å². The molecule has 3 heterocycles. The van der Waals surface area contributed by atoms with Crippen LogP contribution in [0.15, 0.2) is 6.33 Å². The summed E-state index contributed by atoms with van der Waals surface area (Å²) >= 11 is 0. The maximum atomic E-state index is 12.6. The predicted molar refractivity (Wildman–Crippen MR) is 85.8 cm³/mol. The van der Waals surface area contributed by atoms with Crippen molar-refractivity contribution in [3.05, 3.63) is 12.2 Å². The third kappa shape index (κ3) is 3.72. The second-order valence-corrected chi connectivity index (χ2v) is 6.81. The lowest BCUT2D eigenvalue weighted by Crippen LogP contribution is -2.55. The largest absolute Gasteiger partial charge is 0.380 e. The lowest BCUT2D eigenvalue weighted by molar-refractivity contribution is -0.145. The van der Waals surface area contributed by atoms with E-state index in [1.54, 1.807) is 6.33 Å². The molecule has 1 aromatic rings. The van der Waals surface area contributed by atoms with E-state index >= 15 is 0 Å². The minimum Gasteiger partial charge on any atom is -0.380 e. The highest BCUT2D eigenvalue weighted by atomic mass is 16.3. The highest BCUT2D eigenvalue weighted by Crippen LogP contribution is 2.23. The van der Waals surface area contributed by atoms with E-state index in [0.29, 0.717) is 12.8 Å². The Bertz CT molecular complexity index is 514. The van der Waals surface area contributed by atoms with Crippen molar-refractivity contribution in [2.24, 2.45) is 0 Å². The number of nitrogens with zero attached hydrogens (tertiary/aromatic N) is 4. The Kier molecular flexibility index (Phi) is 4.96. The number of aliphatic hydroxyl groups is 1. The molecule has 0 bridgehead atoms. The van der Waals surface area contributed by atoms with E-state index in [-0.39, 0.29) is 11.9 Å². The van der Waals surface area contributed by atoms with Gasteiger partial charge in [0.2, 0.25) is 0 Å². The van der Waals surface area contributed by atoms with Crippen LogP contribution in [0.3, 0.4) is 0 Å². The molecule has 1 unspecified atom stereocenters. The average Bonchev–Trinajstić information content (AvgIpc) is 2.92. The highest BCUT2D eigenvalue weighted by molar-refractivity contribution is 5.85. The zero-order valence-corrected chi connectivity index (χ0v) is 13.9. The van der Waals surface area contributed by atoms with Crippen LogP contribution in [-0.4, -0.2) is 62.0 Å². The molecule has 7 nitrogen and oxygen atoms in total. The van der Waals surface area contributed by atoms with Gasteiger partial charge in [0.15, 0.2) is 0 Å². The first-order valence-corrected chi connectivity index (χ1v) is 8.73. The molecular weight excluding hydrogens is 294 g/mol. The van der Waals surface area contributed by atoms with E-state index in [0.717, 1.165) is 57.7 Å². The highest BCUT2D eigenvalue weighted by Gasteiger charge is 2.39. The summed E-state index contributed by atoms with van der Waals surface area (Å²) in [5.41, 5.74) is -1.20. The Balaban J connectivity index is 1.52. The van der Waals surface area contributed by atoms with Crippen LogP contribution in [0, 0.1) is 0 Å². The van der Waals surface area contributed by atoms with E-state index < -0.39 is 5.60 Å². The molecule has 1 atom stereocenters. The molecule has 1 fully saturated rings. The number of piperidine rings is 1. The number of nitrogens with one attached hydrogen (secondary N) is 1. The summed E-state index contributed by atoms with van der Waals surface area (Å²) < 4.78 is 2.05. The number of amides is 1. The van der Waals surface area contributed by atoms with Gasteiger partial charge in [0.05, 0.1) is 0 Å². The molecule has 0 aromatic carbocycles. The van der Waals surface area contributed by atoms with Crippen molar-refractivity contribution in [1.82, 2.24) is 25.0 Å². The molecule has 3 rings (SSSR count). The number of carbonyl (C=O) groups is 1. The number of fused-ring (bicyclic) bond motifs is 1. The second kappa shape index (κ2) is 6.97. The molecule has 0 spiro atoms. The summed E-state index contributed by atoms with van der Waals surface area (Å²) in [5.74, 6) is 0.782. The monoisotopic (exact) mass is 321 g/mol. The summed E-state index contributed by atoms with van der Waals surface area (Å²) in [6.45, 7) is 5.60. The van der Waals surface area contributed by atoms with E-state index in [9.17, 15) is 9.90 Å². The van der Waals surface area contributed by atoms with Crippen molar-refractivity contribution in [3.63, 3.8) is 0 Å². The first kappa shape index (κ1) is 16.4. The topological polar surface area (TPSA) is 83.3 Å². The van der Waals surface area contributed by atoms with E-state index in [1.165, 1.54) is 0 Å². The third-order valence-electron chi connectivity index (χ3n) is 5.11.